The Hall–Kier alpha value is -3.82. The van der Waals surface area contributed by atoms with Crippen LogP contribution in [0.2, 0.25) is 0 Å². The molecule has 3 aromatic carbocycles. The van der Waals surface area contributed by atoms with Crippen molar-refractivity contribution in [1.29, 1.82) is 0 Å². The van der Waals surface area contributed by atoms with Crippen molar-refractivity contribution in [2.24, 2.45) is 10.1 Å². The number of nitrogens with two attached hydrogens (primary N) is 1. The lowest BCUT2D eigenvalue weighted by molar-refractivity contribution is 0.452. The molecule has 0 saturated heterocycles. The van der Waals surface area contributed by atoms with E-state index in [0.29, 0.717) is 27.5 Å². The van der Waals surface area contributed by atoms with Crippen molar-refractivity contribution in [1.82, 2.24) is 4.98 Å². The number of rotatable bonds is 5. The van der Waals surface area contributed by atoms with Crippen LogP contribution in [0.1, 0.15) is 11.1 Å². The molecule has 4 rings (SSSR count). The number of aromatic amines is 1. The monoisotopic (exact) mass is 451 g/mol. The van der Waals surface area contributed by atoms with Crippen LogP contribution >= 0.6 is 0 Å². The highest BCUT2D eigenvalue weighted by Crippen LogP contribution is 2.27. The van der Waals surface area contributed by atoms with Crippen LogP contribution in [-0.4, -0.2) is 24.7 Å². The van der Waals surface area contributed by atoms with Crippen LogP contribution in [0.4, 0.5) is 4.39 Å². The van der Waals surface area contributed by atoms with E-state index in [9.17, 15) is 22.7 Å². The summed E-state index contributed by atoms with van der Waals surface area (Å²) >= 11 is 0. The number of hydrogen-bond acceptors (Lipinski definition) is 5. The van der Waals surface area contributed by atoms with E-state index in [0.717, 1.165) is 5.56 Å². The minimum atomic E-state index is -3.78. The Morgan fingerprint density at radius 1 is 1.00 bits per heavy atom. The van der Waals surface area contributed by atoms with Gasteiger partial charge in [-0.05, 0) is 53.1 Å². The lowest BCUT2D eigenvalue weighted by Gasteiger charge is -2.08. The molecular formula is C23H18FN3O4S. The zero-order valence-corrected chi connectivity index (χ0v) is 17.4. The molecule has 0 aliphatic rings. The molecule has 1 aromatic heterocycles. The molecule has 0 aliphatic carbocycles. The second kappa shape index (κ2) is 8.37. The molecule has 32 heavy (non-hydrogen) atoms. The number of H-pyrrole nitrogens is 1. The maximum atomic E-state index is 13.6. The highest BCUT2D eigenvalue weighted by Gasteiger charge is 2.11. The molecule has 0 aliphatic heterocycles. The van der Waals surface area contributed by atoms with Crippen LogP contribution in [0.15, 0.2) is 81.4 Å². The van der Waals surface area contributed by atoms with E-state index in [4.69, 9.17) is 5.14 Å². The summed E-state index contributed by atoms with van der Waals surface area (Å²) < 4.78 is 36.3. The lowest BCUT2D eigenvalue weighted by Crippen LogP contribution is -2.11. The Bertz CT molecular complexity index is 1510. The minimum Gasteiger partial charge on any atom is -0.494 e. The maximum Gasteiger partial charge on any atom is 0.258 e. The third-order valence-corrected chi connectivity index (χ3v) is 5.87. The molecule has 0 spiro atoms. The van der Waals surface area contributed by atoms with E-state index in [1.807, 2.05) is 0 Å². The molecule has 162 valence electrons. The Morgan fingerprint density at radius 3 is 2.41 bits per heavy atom. The lowest BCUT2D eigenvalue weighted by atomic mass is 9.99. The van der Waals surface area contributed by atoms with E-state index >= 15 is 0 Å². The number of halogens is 1. The summed E-state index contributed by atoms with van der Waals surface area (Å²) in [6, 6.07) is 17.0. The number of primary sulfonamides is 1. The quantitative estimate of drug-likeness (QED) is 0.403. The topological polar surface area (TPSA) is 126 Å². The Morgan fingerprint density at radius 2 is 1.72 bits per heavy atom. The SMILES string of the molecule is NS(=O)(=O)c1ccc(CN=Cc2c(O)[nH]c(=O)c3ccc(-c4cccc(F)c4)cc23)cc1. The van der Waals surface area contributed by atoms with Gasteiger partial charge in [-0.3, -0.25) is 14.8 Å². The first-order valence-electron chi connectivity index (χ1n) is 9.49. The number of aromatic nitrogens is 1. The second-order valence-corrected chi connectivity index (χ2v) is 8.71. The fourth-order valence-corrected chi connectivity index (χ4v) is 3.86. The fourth-order valence-electron chi connectivity index (χ4n) is 3.34. The number of nitrogens with zero attached hydrogens (tertiary/aromatic N) is 1. The average Bonchev–Trinajstić information content (AvgIpc) is 2.75. The number of benzene rings is 3. The second-order valence-electron chi connectivity index (χ2n) is 7.15. The molecule has 1 heterocycles. The highest BCUT2D eigenvalue weighted by molar-refractivity contribution is 7.89. The molecule has 0 atom stereocenters. The predicted octanol–water partition coefficient (Wildman–Crippen LogP) is 3.31. The third kappa shape index (κ3) is 4.43. The molecule has 7 nitrogen and oxygen atoms in total. The van der Waals surface area contributed by atoms with Crippen LogP contribution in [0, 0.1) is 5.82 Å². The normalized spacial score (nSPS) is 11.9. The summed E-state index contributed by atoms with van der Waals surface area (Å²) in [7, 11) is -3.78. The van der Waals surface area contributed by atoms with E-state index in [-0.39, 0.29) is 23.1 Å². The van der Waals surface area contributed by atoms with Gasteiger partial charge in [0, 0.05) is 17.0 Å². The van der Waals surface area contributed by atoms with Crippen molar-refractivity contribution in [2.75, 3.05) is 0 Å². The van der Waals surface area contributed by atoms with Gasteiger partial charge in [-0.25, -0.2) is 17.9 Å². The number of pyridine rings is 1. The van der Waals surface area contributed by atoms with Crippen molar-refractivity contribution < 1.29 is 17.9 Å². The molecule has 0 radical (unpaired) electrons. The molecule has 4 aromatic rings. The molecule has 0 amide bonds. The van der Waals surface area contributed by atoms with Gasteiger partial charge in [-0.2, -0.15) is 0 Å². The first-order chi connectivity index (χ1) is 15.2. The van der Waals surface area contributed by atoms with Gasteiger partial charge >= 0.3 is 0 Å². The zero-order chi connectivity index (χ0) is 22.9. The number of hydrogen-bond donors (Lipinski definition) is 3. The first kappa shape index (κ1) is 21.4. The number of sulfonamides is 1. The molecule has 0 unspecified atom stereocenters. The van der Waals surface area contributed by atoms with E-state index in [1.54, 1.807) is 42.5 Å². The van der Waals surface area contributed by atoms with Gasteiger partial charge < -0.3 is 5.11 Å². The maximum absolute atomic E-state index is 13.6. The van der Waals surface area contributed by atoms with Crippen LogP contribution in [0.25, 0.3) is 21.9 Å². The van der Waals surface area contributed by atoms with E-state index in [1.165, 1.54) is 30.5 Å². The van der Waals surface area contributed by atoms with Crippen molar-refractivity contribution in [2.45, 2.75) is 11.4 Å². The first-order valence-corrected chi connectivity index (χ1v) is 11.0. The minimum absolute atomic E-state index is 0.000573. The van der Waals surface area contributed by atoms with Gasteiger partial charge in [0.15, 0.2) is 0 Å². The van der Waals surface area contributed by atoms with Crippen LogP contribution in [0.5, 0.6) is 5.88 Å². The Labute approximate surface area is 182 Å². The Kier molecular flexibility index (Phi) is 5.60. The van der Waals surface area contributed by atoms with Crippen molar-refractivity contribution in [3.8, 4) is 17.0 Å². The third-order valence-electron chi connectivity index (χ3n) is 4.95. The van der Waals surface area contributed by atoms with Gasteiger partial charge in [-0.1, -0.05) is 30.3 Å². The van der Waals surface area contributed by atoms with Crippen LogP contribution < -0.4 is 10.7 Å². The number of aliphatic imine (C=N–C) groups is 1. The number of aromatic hydroxyl groups is 1. The molecule has 9 heteroatoms. The van der Waals surface area contributed by atoms with Crippen molar-refractivity contribution >= 4 is 27.0 Å². The van der Waals surface area contributed by atoms with E-state index < -0.39 is 15.6 Å². The van der Waals surface area contributed by atoms with E-state index in [2.05, 4.69) is 9.98 Å². The van der Waals surface area contributed by atoms with Gasteiger partial charge in [0.05, 0.1) is 17.0 Å². The predicted molar refractivity (Wildman–Crippen MR) is 121 cm³/mol. The molecule has 4 N–H and O–H groups in total. The molecular weight excluding hydrogens is 433 g/mol. The summed E-state index contributed by atoms with van der Waals surface area (Å²) in [6.45, 7) is 0.203. The van der Waals surface area contributed by atoms with Crippen LogP contribution in [0.3, 0.4) is 0 Å². The largest absolute Gasteiger partial charge is 0.494 e. The summed E-state index contributed by atoms with van der Waals surface area (Å²) in [5.74, 6) is -0.723. The van der Waals surface area contributed by atoms with Crippen molar-refractivity contribution in [3.05, 3.63) is 94.0 Å². The highest BCUT2D eigenvalue weighted by atomic mass is 32.2. The summed E-state index contributed by atoms with van der Waals surface area (Å²) in [6.07, 6.45) is 1.43. The zero-order valence-electron chi connectivity index (χ0n) is 16.6. The average molecular weight is 451 g/mol. The molecule has 0 bridgehead atoms. The van der Waals surface area contributed by atoms with Gasteiger partial charge in [0.1, 0.15) is 5.82 Å². The molecule has 0 fully saturated rings. The summed E-state index contributed by atoms with van der Waals surface area (Å²) in [5.41, 5.74) is 1.88. The number of fused-ring (bicyclic) bond motifs is 1. The van der Waals surface area contributed by atoms with Gasteiger partial charge in [0.25, 0.3) is 5.56 Å². The van der Waals surface area contributed by atoms with Gasteiger partial charge in [0.2, 0.25) is 15.9 Å². The van der Waals surface area contributed by atoms with Crippen molar-refractivity contribution in [3.63, 3.8) is 0 Å². The Balaban J connectivity index is 1.71. The van der Waals surface area contributed by atoms with Crippen LogP contribution in [-0.2, 0) is 16.6 Å². The smallest absolute Gasteiger partial charge is 0.258 e. The number of nitrogens with one attached hydrogen (secondary N) is 1. The summed E-state index contributed by atoms with van der Waals surface area (Å²) in [4.78, 5) is 19.0. The van der Waals surface area contributed by atoms with Gasteiger partial charge in [-0.15, -0.1) is 0 Å². The summed E-state index contributed by atoms with van der Waals surface area (Å²) in [5, 5.41) is 16.2. The molecule has 0 saturated carbocycles. The standard InChI is InChI=1S/C23H18FN3O4S/c24-17-3-1-2-15(10-17)16-6-9-19-20(11-16)21(23(29)27-22(19)28)13-26-12-14-4-7-18(8-5-14)32(25,30)31/h1-11,13H,12H2,(H2,25,30,31)(H2,27,28,29). The fraction of sp³-hybridized carbons (Fsp3) is 0.0435.